The monoisotopic (exact) mass is 159 g/mol. The summed E-state index contributed by atoms with van der Waals surface area (Å²) < 4.78 is 0. The molecular weight excluding hydrogens is 142 g/mol. The number of thioether (sulfide) groups is 1. The average Bonchev–Trinajstić information content (AvgIpc) is 2.17. The van der Waals surface area contributed by atoms with Crippen molar-refractivity contribution in [3.63, 3.8) is 0 Å². The molecule has 60 valence electrons. The molecule has 0 saturated carbocycles. The van der Waals surface area contributed by atoms with Crippen molar-refractivity contribution in [2.75, 3.05) is 13.3 Å². The van der Waals surface area contributed by atoms with Crippen molar-refractivity contribution in [3.05, 3.63) is 0 Å². The Morgan fingerprint density at radius 3 is 2.20 bits per heavy atom. The predicted octanol–water partition coefficient (Wildman–Crippen LogP) is 1.83. The molecule has 0 aromatic rings. The highest BCUT2D eigenvalue weighted by Crippen LogP contribution is 2.29. The second kappa shape index (κ2) is 3.14. The summed E-state index contributed by atoms with van der Waals surface area (Å²) in [5.74, 6) is 0. The minimum atomic E-state index is 0.769. The third-order valence-corrected chi connectivity index (χ3v) is 3.94. The molecule has 1 nitrogen and oxygen atoms in total. The predicted molar refractivity (Wildman–Crippen MR) is 48.6 cm³/mol. The Balaban J connectivity index is 2.53. The molecule has 1 aliphatic rings. The maximum atomic E-state index is 2.47. The number of nitrogens with zero attached hydrogens (tertiary/aromatic N) is 1. The summed E-state index contributed by atoms with van der Waals surface area (Å²) in [5.41, 5.74) is 0. The van der Waals surface area contributed by atoms with Crippen LogP contribution in [-0.4, -0.2) is 35.5 Å². The van der Waals surface area contributed by atoms with E-state index in [2.05, 4.69) is 32.1 Å². The molecule has 1 aliphatic heterocycles. The Bertz CT molecular complexity index is 116. The van der Waals surface area contributed by atoms with Gasteiger partial charge in [-0.05, 0) is 33.6 Å². The van der Waals surface area contributed by atoms with Crippen molar-refractivity contribution in [1.82, 2.24) is 4.90 Å². The number of hydrogen-bond donors (Lipinski definition) is 0. The Morgan fingerprint density at radius 1 is 1.40 bits per heavy atom. The van der Waals surface area contributed by atoms with E-state index in [1.807, 2.05) is 11.8 Å². The highest BCUT2D eigenvalue weighted by Gasteiger charge is 2.32. The van der Waals surface area contributed by atoms with Crippen LogP contribution in [0.2, 0.25) is 0 Å². The fourth-order valence-corrected chi connectivity index (χ4v) is 2.71. The lowest BCUT2D eigenvalue weighted by Crippen LogP contribution is -2.30. The summed E-state index contributed by atoms with van der Waals surface area (Å²) in [5, 5.41) is 0.861. The van der Waals surface area contributed by atoms with E-state index in [0.717, 1.165) is 17.3 Å². The Hall–Kier alpha value is 0.310. The van der Waals surface area contributed by atoms with Crippen molar-refractivity contribution in [2.24, 2.45) is 0 Å². The first-order chi connectivity index (χ1) is 4.66. The van der Waals surface area contributed by atoms with E-state index < -0.39 is 0 Å². The first-order valence-electron chi connectivity index (χ1n) is 3.91. The van der Waals surface area contributed by atoms with Gasteiger partial charge in [-0.2, -0.15) is 11.8 Å². The maximum absolute atomic E-state index is 2.47. The Labute approximate surface area is 68.2 Å². The summed E-state index contributed by atoms with van der Waals surface area (Å²) in [6, 6.07) is 1.55. The zero-order valence-electron chi connectivity index (χ0n) is 7.29. The number of hydrogen-bond acceptors (Lipinski definition) is 2. The zero-order valence-corrected chi connectivity index (χ0v) is 8.11. The van der Waals surface area contributed by atoms with E-state index in [9.17, 15) is 0 Å². The smallest absolute Gasteiger partial charge is 0.0212 e. The van der Waals surface area contributed by atoms with E-state index in [0.29, 0.717) is 0 Å². The second-order valence-electron chi connectivity index (χ2n) is 3.26. The van der Waals surface area contributed by atoms with Gasteiger partial charge in [-0.3, -0.25) is 4.90 Å². The van der Waals surface area contributed by atoms with Crippen LogP contribution in [0, 0.1) is 0 Å². The molecule has 10 heavy (non-hydrogen) atoms. The van der Waals surface area contributed by atoms with E-state index in [1.165, 1.54) is 6.42 Å². The molecule has 0 N–H and O–H groups in total. The molecule has 2 heteroatoms. The summed E-state index contributed by atoms with van der Waals surface area (Å²) in [7, 11) is 2.23. The topological polar surface area (TPSA) is 3.24 Å². The van der Waals surface area contributed by atoms with Gasteiger partial charge >= 0.3 is 0 Å². The van der Waals surface area contributed by atoms with Crippen LogP contribution in [0.15, 0.2) is 0 Å². The van der Waals surface area contributed by atoms with Crippen molar-refractivity contribution >= 4 is 11.8 Å². The minimum Gasteiger partial charge on any atom is -0.300 e. The highest BCUT2D eigenvalue weighted by molar-refractivity contribution is 7.99. The van der Waals surface area contributed by atoms with Gasteiger partial charge in [0.15, 0.2) is 0 Å². The van der Waals surface area contributed by atoms with Gasteiger partial charge in [-0.25, -0.2) is 0 Å². The first-order valence-corrected chi connectivity index (χ1v) is 5.20. The molecule has 1 rings (SSSR count). The van der Waals surface area contributed by atoms with Crippen molar-refractivity contribution in [2.45, 2.75) is 37.6 Å². The molecule has 3 atom stereocenters. The number of likely N-dealkylation sites (tertiary alicyclic amines) is 1. The third kappa shape index (κ3) is 1.32. The zero-order chi connectivity index (χ0) is 7.72. The molecule has 3 unspecified atom stereocenters. The molecule has 0 aromatic heterocycles. The SMILES string of the molecule is CSC1CC(C)N(C)C1C. The van der Waals surface area contributed by atoms with Crippen LogP contribution in [0.4, 0.5) is 0 Å². The van der Waals surface area contributed by atoms with Gasteiger partial charge in [-0.15, -0.1) is 0 Å². The molecule has 0 spiro atoms. The van der Waals surface area contributed by atoms with Crippen molar-refractivity contribution < 1.29 is 0 Å². The summed E-state index contributed by atoms with van der Waals surface area (Å²) in [4.78, 5) is 2.47. The van der Waals surface area contributed by atoms with E-state index in [-0.39, 0.29) is 0 Å². The molecule has 0 aliphatic carbocycles. The Morgan fingerprint density at radius 2 is 2.00 bits per heavy atom. The van der Waals surface area contributed by atoms with Gasteiger partial charge in [0.25, 0.3) is 0 Å². The van der Waals surface area contributed by atoms with Crippen LogP contribution in [0.25, 0.3) is 0 Å². The fourth-order valence-electron chi connectivity index (χ4n) is 1.66. The van der Waals surface area contributed by atoms with Crippen LogP contribution in [-0.2, 0) is 0 Å². The summed E-state index contributed by atoms with van der Waals surface area (Å²) >= 11 is 2.01. The average molecular weight is 159 g/mol. The third-order valence-electron chi connectivity index (χ3n) is 2.75. The number of rotatable bonds is 1. The van der Waals surface area contributed by atoms with Gasteiger partial charge in [0, 0.05) is 17.3 Å². The van der Waals surface area contributed by atoms with E-state index in [1.54, 1.807) is 0 Å². The van der Waals surface area contributed by atoms with E-state index in [4.69, 9.17) is 0 Å². The van der Waals surface area contributed by atoms with Gasteiger partial charge in [-0.1, -0.05) is 0 Å². The van der Waals surface area contributed by atoms with Crippen LogP contribution < -0.4 is 0 Å². The van der Waals surface area contributed by atoms with Gasteiger partial charge in [0.2, 0.25) is 0 Å². The molecule has 0 amide bonds. The van der Waals surface area contributed by atoms with Crippen LogP contribution in [0.3, 0.4) is 0 Å². The fraction of sp³-hybridized carbons (Fsp3) is 1.00. The van der Waals surface area contributed by atoms with Gasteiger partial charge in [0.1, 0.15) is 0 Å². The molecule has 0 aromatic carbocycles. The lowest BCUT2D eigenvalue weighted by molar-refractivity contribution is 0.269. The lowest BCUT2D eigenvalue weighted by Gasteiger charge is -2.21. The lowest BCUT2D eigenvalue weighted by atomic mass is 10.2. The Kier molecular flexibility index (Phi) is 2.64. The van der Waals surface area contributed by atoms with Crippen molar-refractivity contribution in [1.29, 1.82) is 0 Å². The van der Waals surface area contributed by atoms with Crippen LogP contribution in [0.1, 0.15) is 20.3 Å². The van der Waals surface area contributed by atoms with Gasteiger partial charge in [0.05, 0.1) is 0 Å². The minimum absolute atomic E-state index is 0.769. The van der Waals surface area contributed by atoms with Crippen LogP contribution >= 0.6 is 11.8 Å². The second-order valence-corrected chi connectivity index (χ2v) is 4.34. The van der Waals surface area contributed by atoms with E-state index >= 15 is 0 Å². The largest absolute Gasteiger partial charge is 0.300 e. The molecular formula is C8H17NS. The van der Waals surface area contributed by atoms with Crippen LogP contribution in [0.5, 0.6) is 0 Å². The first kappa shape index (κ1) is 8.41. The standard InChI is InChI=1S/C8H17NS/c1-6-5-8(10-4)7(2)9(6)3/h6-8H,5H2,1-4H3. The summed E-state index contributed by atoms with van der Waals surface area (Å²) in [6.07, 6.45) is 3.58. The quantitative estimate of drug-likeness (QED) is 0.574. The normalized spacial score (nSPS) is 42.6. The highest BCUT2D eigenvalue weighted by atomic mass is 32.2. The molecule has 0 radical (unpaired) electrons. The molecule has 1 saturated heterocycles. The van der Waals surface area contributed by atoms with Crippen molar-refractivity contribution in [3.8, 4) is 0 Å². The molecule has 1 heterocycles. The maximum Gasteiger partial charge on any atom is 0.0212 e. The molecule has 0 bridgehead atoms. The summed E-state index contributed by atoms with van der Waals surface area (Å²) in [6.45, 7) is 4.64. The molecule has 1 fully saturated rings. The van der Waals surface area contributed by atoms with Gasteiger partial charge < -0.3 is 0 Å².